The summed E-state index contributed by atoms with van der Waals surface area (Å²) in [6.45, 7) is 2.22. The van der Waals surface area contributed by atoms with Crippen LogP contribution in [0.5, 0.6) is 5.75 Å². The molecule has 0 aliphatic carbocycles. The zero-order valence-electron chi connectivity index (χ0n) is 11.2. The van der Waals surface area contributed by atoms with Gasteiger partial charge < -0.3 is 10.4 Å². The zero-order chi connectivity index (χ0) is 14.5. The van der Waals surface area contributed by atoms with E-state index in [0.717, 1.165) is 11.1 Å². The summed E-state index contributed by atoms with van der Waals surface area (Å²) < 4.78 is 0. The van der Waals surface area contributed by atoms with Crippen molar-refractivity contribution in [3.05, 3.63) is 64.7 Å². The van der Waals surface area contributed by atoms with E-state index in [0.29, 0.717) is 23.6 Å². The van der Waals surface area contributed by atoms with Crippen LogP contribution in [0.15, 0.2) is 42.5 Å². The Labute approximate surface area is 123 Å². The Morgan fingerprint density at radius 2 is 1.80 bits per heavy atom. The van der Waals surface area contributed by atoms with Crippen LogP contribution in [0.4, 0.5) is 0 Å². The van der Waals surface area contributed by atoms with Gasteiger partial charge >= 0.3 is 0 Å². The van der Waals surface area contributed by atoms with E-state index in [1.807, 2.05) is 24.3 Å². The number of alkyl halides is 1. The monoisotopic (exact) mass is 289 g/mol. The molecule has 0 aliphatic heterocycles. The molecule has 0 bridgehead atoms. The fourth-order valence-electron chi connectivity index (χ4n) is 1.83. The van der Waals surface area contributed by atoms with E-state index in [4.69, 9.17) is 11.6 Å². The van der Waals surface area contributed by atoms with Crippen LogP contribution in [0, 0.1) is 6.92 Å². The van der Waals surface area contributed by atoms with Gasteiger partial charge in [-0.2, -0.15) is 0 Å². The van der Waals surface area contributed by atoms with E-state index in [-0.39, 0.29) is 11.7 Å². The molecule has 0 aromatic heterocycles. The average molecular weight is 290 g/mol. The minimum Gasteiger partial charge on any atom is -0.508 e. The van der Waals surface area contributed by atoms with Gasteiger partial charge in [0.05, 0.1) is 0 Å². The Balaban J connectivity index is 1.98. The summed E-state index contributed by atoms with van der Waals surface area (Å²) in [4.78, 5) is 12.0. The quantitative estimate of drug-likeness (QED) is 0.848. The van der Waals surface area contributed by atoms with Crippen LogP contribution in [0.3, 0.4) is 0 Å². The summed E-state index contributed by atoms with van der Waals surface area (Å²) in [5.41, 5.74) is 3.29. The van der Waals surface area contributed by atoms with Gasteiger partial charge in [0.2, 0.25) is 0 Å². The summed E-state index contributed by atoms with van der Waals surface area (Å²) in [6.07, 6.45) is 0. The van der Waals surface area contributed by atoms with E-state index >= 15 is 0 Å². The second-order valence-electron chi connectivity index (χ2n) is 4.63. The van der Waals surface area contributed by atoms with Crippen LogP contribution < -0.4 is 5.32 Å². The molecule has 0 unspecified atom stereocenters. The summed E-state index contributed by atoms with van der Waals surface area (Å²) in [6, 6.07) is 12.6. The standard InChI is InChI=1S/C16H16ClNO2/c1-11-8-14(6-7-15(11)19)16(20)18-10-13-4-2-12(9-17)3-5-13/h2-8,19H,9-10H2,1H3,(H,18,20). The maximum absolute atomic E-state index is 12.0. The van der Waals surface area contributed by atoms with Gasteiger partial charge in [-0.15, -0.1) is 11.6 Å². The lowest BCUT2D eigenvalue weighted by molar-refractivity contribution is 0.0951. The molecule has 3 nitrogen and oxygen atoms in total. The molecule has 104 valence electrons. The van der Waals surface area contributed by atoms with Crippen LogP contribution in [0.2, 0.25) is 0 Å². The topological polar surface area (TPSA) is 49.3 Å². The van der Waals surface area contributed by atoms with Crippen LogP contribution >= 0.6 is 11.6 Å². The molecule has 0 aliphatic rings. The van der Waals surface area contributed by atoms with Gasteiger partial charge in [0.15, 0.2) is 0 Å². The van der Waals surface area contributed by atoms with Crippen molar-refractivity contribution in [2.45, 2.75) is 19.3 Å². The summed E-state index contributed by atoms with van der Waals surface area (Å²) in [7, 11) is 0. The van der Waals surface area contributed by atoms with Gasteiger partial charge in [0.1, 0.15) is 5.75 Å². The molecule has 2 aromatic rings. The van der Waals surface area contributed by atoms with Crippen molar-refractivity contribution >= 4 is 17.5 Å². The van der Waals surface area contributed by atoms with E-state index < -0.39 is 0 Å². The highest BCUT2D eigenvalue weighted by Gasteiger charge is 2.07. The maximum atomic E-state index is 12.0. The third-order valence-corrected chi connectivity index (χ3v) is 3.40. The fraction of sp³-hybridized carbons (Fsp3) is 0.188. The lowest BCUT2D eigenvalue weighted by Crippen LogP contribution is -2.22. The molecular weight excluding hydrogens is 274 g/mol. The predicted molar refractivity (Wildman–Crippen MR) is 80.0 cm³/mol. The van der Waals surface area contributed by atoms with Crippen molar-refractivity contribution in [2.24, 2.45) is 0 Å². The third-order valence-electron chi connectivity index (χ3n) is 3.09. The predicted octanol–water partition coefficient (Wildman–Crippen LogP) is 3.37. The molecule has 4 heteroatoms. The Morgan fingerprint density at radius 3 is 2.40 bits per heavy atom. The fourth-order valence-corrected chi connectivity index (χ4v) is 2.01. The van der Waals surface area contributed by atoms with Crippen LogP contribution in [0.1, 0.15) is 27.0 Å². The summed E-state index contributed by atoms with van der Waals surface area (Å²) in [5, 5.41) is 12.3. The molecule has 1 amide bonds. The molecule has 0 fully saturated rings. The van der Waals surface area contributed by atoms with Gasteiger partial charge in [-0.1, -0.05) is 24.3 Å². The van der Waals surface area contributed by atoms with Gasteiger partial charge in [0, 0.05) is 18.0 Å². The number of nitrogens with one attached hydrogen (secondary N) is 1. The molecule has 0 spiro atoms. The number of aryl methyl sites for hydroxylation is 1. The molecule has 0 heterocycles. The van der Waals surface area contributed by atoms with Crippen molar-refractivity contribution in [3.8, 4) is 5.75 Å². The minimum absolute atomic E-state index is 0.158. The Hall–Kier alpha value is -2.00. The Morgan fingerprint density at radius 1 is 1.15 bits per heavy atom. The number of rotatable bonds is 4. The first-order valence-corrected chi connectivity index (χ1v) is 6.85. The first-order chi connectivity index (χ1) is 9.60. The lowest BCUT2D eigenvalue weighted by atomic mass is 10.1. The summed E-state index contributed by atoms with van der Waals surface area (Å²) in [5.74, 6) is 0.520. The second-order valence-corrected chi connectivity index (χ2v) is 4.90. The molecular formula is C16H16ClNO2. The van der Waals surface area contributed by atoms with Crippen LogP contribution in [0.25, 0.3) is 0 Å². The Bertz CT molecular complexity index is 608. The SMILES string of the molecule is Cc1cc(C(=O)NCc2ccc(CCl)cc2)ccc1O. The number of hydrogen-bond acceptors (Lipinski definition) is 2. The van der Waals surface area contributed by atoms with Crippen molar-refractivity contribution in [1.82, 2.24) is 5.32 Å². The summed E-state index contributed by atoms with van der Waals surface area (Å²) >= 11 is 5.72. The first-order valence-electron chi connectivity index (χ1n) is 6.32. The second kappa shape index (κ2) is 6.44. The van der Waals surface area contributed by atoms with Crippen LogP contribution in [-0.2, 0) is 12.4 Å². The van der Waals surface area contributed by atoms with Gasteiger partial charge in [-0.05, 0) is 41.8 Å². The molecule has 2 rings (SSSR count). The molecule has 20 heavy (non-hydrogen) atoms. The number of hydrogen-bond donors (Lipinski definition) is 2. The van der Waals surface area contributed by atoms with Crippen molar-refractivity contribution in [1.29, 1.82) is 0 Å². The number of phenols is 1. The molecule has 2 N–H and O–H groups in total. The largest absolute Gasteiger partial charge is 0.508 e. The normalized spacial score (nSPS) is 10.3. The van der Waals surface area contributed by atoms with Crippen molar-refractivity contribution in [3.63, 3.8) is 0 Å². The van der Waals surface area contributed by atoms with Gasteiger partial charge in [0.25, 0.3) is 5.91 Å². The number of halogens is 1. The van der Waals surface area contributed by atoms with E-state index in [1.165, 1.54) is 6.07 Å². The Kier molecular flexibility index (Phi) is 4.64. The smallest absolute Gasteiger partial charge is 0.251 e. The van der Waals surface area contributed by atoms with Gasteiger partial charge in [-0.25, -0.2) is 0 Å². The molecule has 2 aromatic carbocycles. The van der Waals surface area contributed by atoms with Crippen molar-refractivity contribution in [2.75, 3.05) is 0 Å². The number of phenolic OH excluding ortho intramolecular Hbond substituents is 1. The number of aromatic hydroxyl groups is 1. The van der Waals surface area contributed by atoms with Crippen molar-refractivity contribution < 1.29 is 9.90 Å². The molecule has 0 atom stereocenters. The number of benzene rings is 2. The highest BCUT2D eigenvalue weighted by atomic mass is 35.5. The van der Waals surface area contributed by atoms with E-state index in [1.54, 1.807) is 19.1 Å². The zero-order valence-corrected chi connectivity index (χ0v) is 11.9. The van der Waals surface area contributed by atoms with Crippen LogP contribution in [-0.4, -0.2) is 11.0 Å². The van der Waals surface area contributed by atoms with Gasteiger partial charge in [-0.3, -0.25) is 4.79 Å². The number of carbonyl (C=O) groups excluding carboxylic acids is 1. The highest BCUT2D eigenvalue weighted by molar-refractivity contribution is 6.17. The lowest BCUT2D eigenvalue weighted by Gasteiger charge is -2.07. The van der Waals surface area contributed by atoms with E-state index in [9.17, 15) is 9.90 Å². The maximum Gasteiger partial charge on any atom is 0.251 e. The van der Waals surface area contributed by atoms with E-state index in [2.05, 4.69) is 5.32 Å². The molecule has 0 saturated carbocycles. The number of carbonyl (C=O) groups is 1. The molecule has 0 saturated heterocycles. The highest BCUT2D eigenvalue weighted by Crippen LogP contribution is 2.17. The first kappa shape index (κ1) is 14.4. The number of amides is 1. The minimum atomic E-state index is -0.158. The average Bonchev–Trinajstić information content (AvgIpc) is 2.48. The third kappa shape index (κ3) is 3.52. The molecule has 0 radical (unpaired) electrons.